The van der Waals surface area contributed by atoms with Crippen molar-refractivity contribution in [3.63, 3.8) is 0 Å². The van der Waals surface area contributed by atoms with Gasteiger partial charge in [-0.1, -0.05) is 24.3 Å². The van der Waals surface area contributed by atoms with Gasteiger partial charge in [0.1, 0.15) is 6.54 Å². The van der Waals surface area contributed by atoms with Gasteiger partial charge in [0.05, 0.1) is 12.2 Å². The van der Waals surface area contributed by atoms with Crippen LogP contribution in [0.2, 0.25) is 0 Å². The number of Topliss-reactive ketones (excluding diaryl/α,β-unsaturated/α-hetero) is 1. The van der Waals surface area contributed by atoms with Crippen molar-refractivity contribution in [3.05, 3.63) is 59.7 Å². The van der Waals surface area contributed by atoms with Crippen molar-refractivity contribution in [3.8, 4) is 0 Å². The molecule has 5 heteroatoms. The summed E-state index contributed by atoms with van der Waals surface area (Å²) >= 11 is 0. The van der Waals surface area contributed by atoms with E-state index in [1.54, 1.807) is 18.2 Å². The lowest BCUT2D eigenvalue weighted by Gasteiger charge is -2.19. The third-order valence-corrected chi connectivity index (χ3v) is 4.40. The third kappa shape index (κ3) is 5.43. The quantitative estimate of drug-likeness (QED) is 0.713. The topological polar surface area (TPSA) is 53.9 Å². The molecule has 2 aromatic rings. The molecule has 138 valence electrons. The first kappa shape index (κ1) is 19.7. The van der Waals surface area contributed by atoms with Gasteiger partial charge in [0.15, 0.2) is 12.3 Å². The number of rotatable bonds is 8. The van der Waals surface area contributed by atoms with Crippen LogP contribution >= 0.6 is 0 Å². The summed E-state index contributed by atoms with van der Waals surface area (Å²) in [7, 11) is 4.03. The van der Waals surface area contributed by atoms with Crippen LogP contribution in [0, 0.1) is 0 Å². The minimum Gasteiger partial charge on any atom is -0.378 e. The summed E-state index contributed by atoms with van der Waals surface area (Å²) in [6, 6.07) is 15.5. The Morgan fingerprint density at radius 3 is 2.27 bits per heavy atom. The lowest BCUT2D eigenvalue weighted by atomic mass is 10.1. The van der Waals surface area contributed by atoms with Gasteiger partial charge < -0.3 is 15.1 Å². The molecule has 0 saturated heterocycles. The number of carbonyl (C=O) groups excluding carboxylic acids is 2. The summed E-state index contributed by atoms with van der Waals surface area (Å²) in [5.41, 5.74) is 3.48. The molecule has 5 nitrogen and oxygen atoms in total. The molecule has 0 spiro atoms. The molecule has 1 unspecified atom stereocenters. The van der Waals surface area contributed by atoms with E-state index < -0.39 is 0 Å². The van der Waals surface area contributed by atoms with Crippen molar-refractivity contribution in [1.82, 2.24) is 0 Å². The molecule has 2 N–H and O–H groups in total. The van der Waals surface area contributed by atoms with Gasteiger partial charge in [0, 0.05) is 30.9 Å². The number of hydrogen-bond acceptors (Lipinski definition) is 3. The van der Waals surface area contributed by atoms with Crippen molar-refractivity contribution >= 4 is 23.1 Å². The largest absolute Gasteiger partial charge is 0.378 e. The number of hydrogen-bond donors (Lipinski definition) is 2. The van der Waals surface area contributed by atoms with Gasteiger partial charge in [-0.25, -0.2) is 0 Å². The minimum absolute atomic E-state index is 0.0541. The smallest absolute Gasteiger partial charge is 0.279 e. The predicted octanol–water partition coefficient (Wildman–Crippen LogP) is 2.00. The van der Waals surface area contributed by atoms with Gasteiger partial charge in [-0.2, -0.15) is 0 Å². The maximum absolute atomic E-state index is 12.4. The maximum Gasteiger partial charge on any atom is 0.279 e. The van der Waals surface area contributed by atoms with E-state index in [1.165, 1.54) is 17.4 Å². The van der Waals surface area contributed by atoms with Gasteiger partial charge >= 0.3 is 0 Å². The molecule has 0 aliphatic carbocycles. The number of para-hydroxylation sites is 1. The van der Waals surface area contributed by atoms with Crippen LogP contribution in [0.15, 0.2) is 48.5 Å². The molecule has 0 aliphatic heterocycles. The van der Waals surface area contributed by atoms with Crippen LogP contribution in [0.1, 0.15) is 29.8 Å². The number of amides is 1. The van der Waals surface area contributed by atoms with Crippen LogP contribution in [0.25, 0.3) is 0 Å². The van der Waals surface area contributed by atoms with Crippen molar-refractivity contribution in [2.45, 2.75) is 20.4 Å². The highest BCUT2D eigenvalue weighted by Crippen LogP contribution is 2.15. The maximum atomic E-state index is 12.4. The first-order valence-corrected chi connectivity index (χ1v) is 8.90. The van der Waals surface area contributed by atoms with Crippen molar-refractivity contribution in [2.24, 2.45) is 0 Å². The van der Waals surface area contributed by atoms with E-state index in [1.807, 2.05) is 20.2 Å². The average molecular weight is 354 g/mol. The normalized spacial score (nSPS) is 11.7. The summed E-state index contributed by atoms with van der Waals surface area (Å²) in [6.45, 7) is 5.56. The molecule has 2 aromatic carbocycles. The summed E-state index contributed by atoms with van der Waals surface area (Å²) < 4.78 is 0. The third-order valence-electron chi connectivity index (χ3n) is 4.40. The first-order chi connectivity index (χ1) is 12.4. The second-order valence-corrected chi connectivity index (χ2v) is 6.67. The number of nitrogens with zero attached hydrogens (tertiary/aromatic N) is 1. The van der Waals surface area contributed by atoms with Crippen LogP contribution in [0.5, 0.6) is 0 Å². The lowest BCUT2D eigenvalue weighted by Crippen LogP contribution is -3.11. The molecule has 0 aliphatic rings. The molecule has 0 saturated carbocycles. The zero-order chi connectivity index (χ0) is 19.1. The second-order valence-electron chi connectivity index (χ2n) is 6.67. The molecule has 26 heavy (non-hydrogen) atoms. The summed E-state index contributed by atoms with van der Waals surface area (Å²) in [4.78, 5) is 27.4. The average Bonchev–Trinajstić information content (AvgIpc) is 2.61. The molecule has 1 amide bonds. The molecule has 0 fully saturated rings. The zero-order valence-corrected chi connectivity index (χ0v) is 16.0. The number of nitrogens with one attached hydrogen (secondary N) is 2. The van der Waals surface area contributed by atoms with E-state index in [4.69, 9.17) is 0 Å². The fourth-order valence-corrected chi connectivity index (χ4v) is 2.83. The summed E-state index contributed by atoms with van der Waals surface area (Å²) in [5, 5.41) is 2.88. The van der Waals surface area contributed by atoms with Gasteiger partial charge in [0.25, 0.3) is 5.91 Å². The Hall–Kier alpha value is -2.66. The SMILES string of the molecule is CC[NH+](CC(=O)Nc1ccccc1C(C)=O)Cc1ccc(N(C)C)cc1. The van der Waals surface area contributed by atoms with Crippen LogP contribution in [-0.2, 0) is 11.3 Å². The van der Waals surface area contributed by atoms with Crippen molar-refractivity contribution < 1.29 is 14.5 Å². The molecule has 0 radical (unpaired) electrons. The summed E-state index contributed by atoms with van der Waals surface area (Å²) in [6.07, 6.45) is 0. The molecule has 0 heterocycles. The van der Waals surface area contributed by atoms with Crippen molar-refractivity contribution in [1.29, 1.82) is 0 Å². The number of anilines is 2. The van der Waals surface area contributed by atoms with Crippen LogP contribution < -0.4 is 15.1 Å². The Kier molecular flexibility index (Phi) is 6.92. The van der Waals surface area contributed by atoms with Crippen LogP contribution in [0.3, 0.4) is 0 Å². The zero-order valence-electron chi connectivity index (χ0n) is 16.0. The monoisotopic (exact) mass is 354 g/mol. The number of ketones is 1. The molecule has 2 rings (SSSR count). The lowest BCUT2D eigenvalue weighted by molar-refractivity contribution is -0.903. The Bertz CT molecular complexity index is 754. The number of benzene rings is 2. The molecular formula is C21H28N3O2+. The number of quaternary nitrogens is 1. The highest BCUT2D eigenvalue weighted by atomic mass is 16.2. The molecule has 1 atom stereocenters. The van der Waals surface area contributed by atoms with Crippen LogP contribution in [-0.4, -0.2) is 38.9 Å². The van der Waals surface area contributed by atoms with Gasteiger partial charge in [-0.3, -0.25) is 9.59 Å². The highest BCUT2D eigenvalue weighted by Gasteiger charge is 2.15. The second kappa shape index (κ2) is 9.15. The predicted molar refractivity (Wildman–Crippen MR) is 106 cm³/mol. The molecule has 0 aromatic heterocycles. The Labute approximate surface area is 155 Å². The highest BCUT2D eigenvalue weighted by molar-refractivity contribution is 6.03. The van der Waals surface area contributed by atoms with Gasteiger partial charge in [-0.15, -0.1) is 0 Å². The van der Waals surface area contributed by atoms with E-state index in [9.17, 15) is 9.59 Å². The number of likely N-dealkylation sites (N-methyl/N-ethyl adjacent to an activating group) is 1. The fourth-order valence-electron chi connectivity index (χ4n) is 2.83. The first-order valence-electron chi connectivity index (χ1n) is 8.90. The Morgan fingerprint density at radius 1 is 1.04 bits per heavy atom. The minimum atomic E-state index is -0.0829. The Balaban J connectivity index is 1.99. The van der Waals surface area contributed by atoms with E-state index in [0.29, 0.717) is 17.8 Å². The van der Waals surface area contributed by atoms with Crippen molar-refractivity contribution in [2.75, 3.05) is 37.4 Å². The Morgan fingerprint density at radius 2 is 1.69 bits per heavy atom. The number of carbonyl (C=O) groups is 2. The van der Waals surface area contributed by atoms with E-state index >= 15 is 0 Å². The van der Waals surface area contributed by atoms with Gasteiger partial charge in [0.2, 0.25) is 0 Å². The fraction of sp³-hybridized carbons (Fsp3) is 0.333. The summed E-state index contributed by atoms with van der Waals surface area (Å²) in [5.74, 6) is -0.137. The van der Waals surface area contributed by atoms with Gasteiger partial charge in [-0.05, 0) is 38.1 Å². The van der Waals surface area contributed by atoms with E-state index in [0.717, 1.165) is 18.8 Å². The molecule has 0 bridgehead atoms. The standard InChI is InChI=1S/C21H27N3O2/c1-5-24(14-17-10-12-18(13-11-17)23(3)4)15-21(26)22-20-9-7-6-8-19(20)16(2)25/h6-13H,5,14-15H2,1-4H3,(H,22,26)/p+1. The van der Waals surface area contributed by atoms with E-state index in [2.05, 4.69) is 41.4 Å². The molecular weight excluding hydrogens is 326 g/mol. The van der Waals surface area contributed by atoms with Crippen LogP contribution in [0.4, 0.5) is 11.4 Å². The van der Waals surface area contributed by atoms with E-state index in [-0.39, 0.29) is 11.7 Å².